The van der Waals surface area contributed by atoms with Crippen molar-refractivity contribution in [2.45, 2.75) is 83.8 Å². The Bertz CT molecular complexity index is 968. The van der Waals surface area contributed by atoms with Gasteiger partial charge < -0.3 is 20.0 Å². The van der Waals surface area contributed by atoms with Crippen molar-refractivity contribution in [3.05, 3.63) is 23.8 Å². The largest absolute Gasteiger partial charge is 0.480 e. The van der Waals surface area contributed by atoms with Crippen molar-refractivity contribution >= 4 is 17.6 Å². The predicted octanol–water partition coefficient (Wildman–Crippen LogP) is 3.92. The molecule has 7 heteroatoms. The van der Waals surface area contributed by atoms with Crippen molar-refractivity contribution in [3.8, 4) is 0 Å². The third kappa shape index (κ3) is 3.53. The summed E-state index contributed by atoms with van der Waals surface area (Å²) in [6.07, 6.45) is 14.0. The highest BCUT2D eigenvalue weighted by atomic mass is 16.6. The number of aliphatic carboxylic acids is 1. The van der Waals surface area contributed by atoms with Crippen molar-refractivity contribution in [1.29, 1.82) is 0 Å². The first-order valence-corrected chi connectivity index (χ1v) is 12.9. The molecule has 34 heavy (non-hydrogen) atoms. The van der Waals surface area contributed by atoms with Crippen molar-refractivity contribution in [3.63, 3.8) is 0 Å². The van der Waals surface area contributed by atoms with Crippen LogP contribution < -0.4 is 0 Å². The Hall–Kier alpha value is -2.15. The first-order chi connectivity index (χ1) is 16.1. The van der Waals surface area contributed by atoms with E-state index in [9.17, 15) is 19.8 Å². The number of carbonyl (C=O) groups excluding carboxylic acids is 1. The number of carboxylic acids is 1. The minimum atomic E-state index is -0.962. The van der Waals surface area contributed by atoms with Gasteiger partial charge in [-0.05, 0) is 93.6 Å². The lowest BCUT2D eigenvalue weighted by atomic mass is 9.47. The van der Waals surface area contributed by atoms with Gasteiger partial charge in [-0.2, -0.15) is 0 Å². The molecular formula is C27H38N2O5. The molecule has 4 fully saturated rings. The predicted molar refractivity (Wildman–Crippen MR) is 128 cm³/mol. The molecule has 7 nitrogen and oxygen atoms in total. The monoisotopic (exact) mass is 470 g/mol. The molecule has 7 atom stereocenters. The molecule has 1 saturated heterocycles. The highest BCUT2D eigenvalue weighted by Crippen LogP contribution is 2.66. The standard InChI is InChI=1S/C27H38N2O5/c1-25-11-8-18(28-34-16-23(30)29-14-4-5-22(29)24(31)32)15-17(25)6-7-19-20(25)9-12-26(2)21(19)10-13-27(26,3)33/h8,11,15,19-22,33H,4-7,9-10,12-14,16H2,1-3H3,(H,31,32)/t19-,20+,21+,22+,25+,26+,27+/m1/s1. The topological polar surface area (TPSA) is 99.4 Å². The number of allylic oxidation sites excluding steroid dienone is 4. The van der Waals surface area contributed by atoms with Crippen LogP contribution in [0.5, 0.6) is 0 Å². The summed E-state index contributed by atoms with van der Waals surface area (Å²) in [6, 6.07) is -0.753. The maximum atomic E-state index is 12.4. The van der Waals surface area contributed by atoms with Crippen LogP contribution >= 0.6 is 0 Å². The smallest absolute Gasteiger partial charge is 0.326 e. The quantitative estimate of drug-likeness (QED) is 0.607. The summed E-state index contributed by atoms with van der Waals surface area (Å²) in [5.41, 5.74) is 1.54. The fraction of sp³-hybridized carbons (Fsp3) is 0.741. The molecule has 3 saturated carbocycles. The first kappa shape index (κ1) is 23.6. The van der Waals surface area contributed by atoms with E-state index < -0.39 is 17.6 Å². The SMILES string of the molecule is C[C@]12C=CC(=NOCC(=O)N3CCC[C@H]3C(=O)O)C=C1CC[C@@H]1[C@@H]2CC[C@@]2(C)[C@H]1CC[C@]2(C)O. The molecule has 1 amide bonds. The van der Waals surface area contributed by atoms with E-state index in [-0.39, 0.29) is 23.3 Å². The molecule has 2 N–H and O–H groups in total. The van der Waals surface area contributed by atoms with Gasteiger partial charge in [-0.3, -0.25) is 4.79 Å². The molecule has 4 aliphatic carbocycles. The van der Waals surface area contributed by atoms with Crippen LogP contribution in [0.2, 0.25) is 0 Å². The summed E-state index contributed by atoms with van der Waals surface area (Å²) in [5.74, 6) is 0.496. The van der Waals surface area contributed by atoms with Crippen LogP contribution in [0.1, 0.15) is 72.1 Å². The third-order valence-electron chi connectivity index (χ3n) is 10.3. The average molecular weight is 471 g/mol. The Morgan fingerprint density at radius 3 is 2.68 bits per heavy atom. The zero-order valence-corrected chi connectivity index (χ0v) is 20.6. The molecule has 0 bridgehead atoms. The van der Waals surface area contributed by atoms with Crippen LogP contribution in [0.25, 0.3) is 0 Å². The molecule has 0 aromatic carbocycles. The van der Waals surface area contributed by atoms with Crippen LogP contribution in [0.15, 0.2) is 29.0 Å². The summed E-state index contributed by atoms with van der Waals surface area (Å²) in [6.45, 7) is 6.92. The number of fused-ring (bicyclic) bond motifs is 5. The van der Waals surface area contributed by atoms with Crippen molar-refractivity contribution in [2.24, 2.45) is 33.7 Å². The number of rotatable bonds is 4. The zero-order valence-electron chi connectivity index (χ0n) is 20.6. The summed E-state index contributed by atoms with van der Waals surface area (Å²) in [5, 5.41) is 24.6. The maximum Gasteiger partial charge on any atom is 0.326 e. The van der Waals surface area contributed by atoms with E-state index in [4.69, 9.17) is 4.84 Å². The van der Waals surface area contributed by atoms with Crippen LogP contribution in [0.4, 0.5) is 0 Å². The van der Waals surface area contributed by atoms with E-state index in [0.29, 0.717) is 42.9 Å². The van der Waals surface area contributed by atoms with Gasteiger partial charge in [0.15, 0.2) is 6.61 Å². The molecule has 5 rings (SSSR count). The number of carbonyl (C=O) groups is 2. The normalized spacial score (nSPS) is 44.3. The number of oxime groups is 1. The van der Waals surface area contributed by atoms with Gasteiger partial charge in [0, 0.05) is 12.0 Å². The van der Waals surface area contributed by atoms with Gasteiger partial charge >= 0.3 is 5.97 Å². The number of hydrogen-bond acceptors (Lipinski definition) is 5. The molecule has 0 radical (unpaired) electrons. The molecule has 0 aromatic heterocycles. The van der Waals surface area contributed by atoms with E-state index in [1.165, 1.54) is 10.5 Å². The summed E-state index contributed by atoms with van der Waals surface area (Å²) >= 11 is 0. The minimum absolute atomic E-state index is 0.00219. The Morgan fingerprint density at radius 1 is 1.15 bits per heavy atom. The van der Waals surface area contributed by atoms with E-state index >= 15 is 0 Å². The molecule has 186 valence electrons. The second-order valence-corrected chi connectivity index (χ2v) is 11.8. The van der Waals surface area contributed by atoms with Crippen molar-refractivity contribution in [1.82, 2.24) is 4.90 Å². The summed E-state index contributed by atoms with van der Waals surface area (Å²) in [7, 11) is 0. The van der Waals surface area contributed by atoms with Crippen molar-refractivity contribution < 1.29 is 24.6 Å². The molecular weight excluding hydrogens is 432 g/mol. The number of amides is 1. The summed E-state index contributed by atoms with van der Waals surface area (Å²) in [4.78, 5) is 30.5. The van der Waals surface area contributed by atoms with Gasteiger partial charge in [-0.1, -0.05) is 30.7 Å². The van der Waals surface area contributed by atoms with Gasteiger partial charge in [0.1, 0.15) is 11.8 Å². The number of nitrogens with zero attached hydrogens (tertiary/aromatic N) is 2. The molecule has 0 unspecified atom stereocenters. The lowest BCUT2D eigenvalue weighted by Gasteiger charge is -2.58. The fourth-order valence-corrected chi connectivity index (χ4v) is 8.07. The second-order valence-electron chi connectivity index (χ2n) is 11.8. The Labute approximate surface area is 201 Å². The lowest BCUT2D eigenvalue weighted by Crippen LogP contribution is -2.53. The van der Waals surface area contributed by atoms with Gasteiger partial charge in [-0.25, -0.2) is 4.79 Å². The van der Waals surface area contributed by atoms with Crippen molar-refractivity contribution in [2.75, 3.05) is 13.2 Å². The Morgan fingerprint density at radius 2 is 1.91 bits per heavy atom. The van der Waals surface area contributed by atoms with Crippen LogP contribution in [-0.2, 0) is 14.4 Å². The molecule has 0 spiro atoms. The van der Waals surface area contributed by atoms with Crippen LogP contribution in [0, 0.1) is 28.6 Å². The number of likely N-dealkylation sites (tertiary alicyclic amines) is 1. The van der Waals surface area contributed by atoms with Crippen LogP contribution in [0.3, 0.4) is 0 Å². The molecule has 1 aliphatic heterocycles. The van der Waals surface area contributed by atoms with E-state index in [1.807, 2.05) is 13.0 Å². The number of hydrogen-bond donors (Lipinski definition) is 2. The number of aliphatic hydroxyl groups is 1. The Balaban J connectivity index is 1.25. The lowest BCUT2D eigenvalue weighted by molar-refractivity contribution is -0.150. The van der Waals surface area contributed by atoms with E-state index in [2.05, 4.69) is 31.2 Å². The molecule has 1 heterocycles. The molecule has 5 aliphatic rings. The third-order valence-corrected chi connectivity index (χ3v) is 10.3. The number of carboxylic acid groups (broad SMARTS) is 1. The zero-order chi connectivity index (χ0) is 24.3. The summed E-state index contributed by atoms with van der Waals surface area (Å²) < 4.78 is 0. The van der Waals surface area contributed by atoms with E-state index in [1.54, 1.807) is 0 Å². The second kappa shape index (κ2) is 8.21. The average Bonchev–Trinajstić information content (AvgIpc) is 3.37. The maximum absolute atomic E-state index is 12.4. The van der Waals surface area contributed by atoms with E-state index in [0.717, 1.165) is 38.5 Å². The Kier molecular flexibility index (Phi) is 5.70. The molecule has 0 aromatic rings. The minimum Gasteiger partial charge on any atom is -0.480 e. The highest BCUT2D eigenvalue weighted by molar-refractivity contribution is 6.05. The first-order valence-electron chi connectivity index (χ1n) is 12.9. The highest BCUT2D eigenvalue weighted by Gasteiger charge is 2.62. The van der Waals surface area contributed by atoms with Gasteiger partial charge in [0.05, 0.1) is 5.60 Å². The van der Waals surface area contributed by atoms with Gasteiger partial charge in [-0.15, -0.1) is 0 Å². The van der Waals surface area contributed by atoms with Gasteiger partial charge in [0.25, 0.3) is 5.91 Å². The fourth-order valence-electron chi connectivity index (χ4n) is 8.07. The van der Waals surface area contributed by atoms with Gasteiger partial charge in [0.2, 0.25) is 0 Å². The van der Waals surface area contributed by atoms with Crippen LogP contribution in [-0.4, -0.2) is 57.5 Å².